The second kappa shape index (κ2) is 4.96. The van der Waals surface area contributed by atoms with Crippen LogP contribution in [-0.2, 0) is 4.79 Å². The smallest absolute Gasteiger partial charge is 0.160 e. The first-order valence-electron chi connectivity index (χ1n) is 4.72. The maximum Gasteiger partial charge on any atom is 0.160 e. The van der Waals surface area contributed by atoms with E-state index < -0.39 is 0 Å². The quantitative estimate of drug-likeness (QED) is 0.650. The molecule has 1 aliphatic rings. The van der Waals surface area contributed by atoms with Crippen LogP contribution in [0.3, 0.4) is 0 Å². The van der Waals surface area contributed by atoms with Gasteiger partial charge in [-0.05, 0) is 25.1 Å². The van der Waals surface area contributed by atoms with E-state index in [4.69, 9.17) is 0 Å². The van der Waals surface area contributed by atoms with Gasteiger partial charge in [0.15, 0.2) is 5.78 Å². The molecule has 0 heterocycles. The number of hydrogen-bond acceptors (Lipinski definition) is 2. The Morgan fingerprint density at radius 2 is 2.00 bits per heavy atom. The van der Waals surface area contributed by atoms with Gasteiger partial charge in [-0.2, -0.15) is 0 Å². The summed E-state index contributed by atoms with van der Waals surface area (Å²) in [5.41, 5.74) is 0. The van der Waals surface area contributed by atoms with E-state index >= 15 is 0 Å². The summed E-state index contributed by atoms with van der Waals surface area (Å²) in [6, 6.07) is 0. The molecular formula is C10H17NO. The fourth-order valence-electron chi connectivity index (χ4n) is 1.69. The van der Waals surface area contributed by atoms with Gasteiger partial charge in [0.25, 0.3) is 0 Å². The number of allylic oxidation sites excluding steroid dienone is 1. The normalized spacial score (nSPS) is 19.8. The van der Waals surface area contributed by atoms with Gasteiger partial charge >= 0.3 is 0 Å². The van der Waals surface area contributed by atoms with Crippen LogP contribution in [-0.4, -0.2) is 12.8 Å². The largest absolute Gasteiger partial charge is 0.394 e. The maximum atomic E-state index is 11.4. The van der Waals surface area contributed by atoms with Crippen LogP contribution in [0.4, 0.5) is 0 Å². The van der Waals surface area contributed by atoms with E-state index in [1.807, 2.05) is 7.05 Å². The Morgan fingerprint density at radius 3 is 2.58 bits per heavy atom. The van der Waals surface area contributed by atoms with Crippen LogP contribution in [0.5, 0.6) is 0 Å². The molecule has 0 radical (unpaired) electrons. The average molecular weight is 167 g/mol. The van der Waals surface area contributed by atoms with Gasteiger partial charge in [-0.3, -0.25) is 4.79 Å². The molecule has 0 aromatic heterocycles. The second-order valence-electron chi connectivity index (χ2n) is 3.36. The lowest BCUT2D eigenvalue weighted by molar-refractivity contribution is -0.119. The summed E-state index contributed by atoms with van der Waals surface area (Å²) >= 11 is 0. The molecule has 0 spiro atoms. The minimum Gasteiger partial charge on any atom is -0.394 e. The number of nitrogens with one attached hydrogen (secondary N) is 1. The highest BCUT2D eigenvalue weighted by Crippen LogP contribution is 2.24. The molecule has 0 saturated heterocycles. The van der Waals surface area contributed by atoms with Gasteiger partial charge < -0.3 is 5.32 Å². The molecule has 0 atom stereocenters. The zero-order valence-electron chi connectivity index (χ0n) is 7.68. The molecule has 1 saturated carbocycles. The molecule has 2 heteroatoms. The summed E-state index contributed by atoms with van der Waals surface area (Å²) in [5, 5.41) is 2.84. The third-order valence-corrected chi connectivity index (χ3v) is 2.42. The molecule has 0 aliphatic heterocycles. The number of carbonyl (C=O) groups excluding carboxylic acids is 1. The molecule has 0 aromatic carbocycles. The minimum atomic E-state index is 0.295. The fraction of sp³-hybridized carbons (Fsp3) is 0.700. The molecule has 1 rings (SSSR count). The highest BCUT2D eigenvalue weighted by atomic mass is 16.1. The van der Waals surface area contributed by atoms with E-state index in [-0.39, 0.29) is 0 Å². The lowest BCUT2D eigenvalue weighted by Crippen LogP contribution is -2.15. The third-order valence-electron chi connectivity index (χ3n) is 2.42. The standard InChI is InChI=1S/C10H17NO/c1-11-8-7-10(12)9-5-3-2-4-6-9/h7-9,11H,2-6H2,1H3. The van der Waals surface area contributed by atoms with Crippen LogP contribution in [0.15, 0.2) is 12.3 Å². The predicted molar refractivity (Wildman–Crippen MR) is 49.8 cm³/mol. The van der Waals surface area contributed by atoms with E-state index in [0.717, 1.165) is 12.8 Å². The zero-order valence-corrected chi connectivity index (χ0v) is 7.68. The first-order chi connectivity index (χ1) is 5.84. The number of rotatable bonds is 3. The zero-order chi connectivity index (χ0) is 8.81. The summed E-state index contributed by atoms with van der Waals surface area (Å²) in [5.74, 6) is 0.604. The average Bonchev–Trinajstić information content (AvgIpc) is 2.15. The molecule has 1 N–H and O–H groups in total. The maximum absolute atomic E-state index is 11.4. The van der Waals surface area contributed by atoms with Gasteiger partial charge in [0, 0.05) is 13.0 Å². The van der Waals surface area contributed by atoms with E-state index in [1.54, 1.807) is 12.3 Å². The van der Waals surface area contributed by atoms with Crippen molar-refractivity contribution in [1.82, 2.24) is 5.32 Å². The van der Waals surface area contributed by atoms with Crippen LogP contribution in [0.25, 0.3) is 0 Å². The van der Waals surface area contributed by atoms with Crippen molar-refractivity contribution in [1.29, 1.82) is 0 Å². The fourth-order valence-corrected chi connectivity index (χ4v) is 1.69. The number of hydrogen-bond donors (Lipinski definition) is 1. The van der Waals surface area contributed by atoms with Gasteiger partial charge in [-0.25, -0.2) is 0 Å². The van der Waals surface area contributed by atoms with Crippen molar-refractivity contribution in [3.63, 3.8) is 0 Å². The summed E-state index contributed by atoms with van der Waals surface area (Å²) in [4.78, 5) is 11.4. The van der Waals surface area contributed by atoms with E-state index in [0.29, 0.717) is 11.7 Å². The Hall–Kier alpha value is -0.790. The molecule has 0 bridgehead atoms. The lowest BCUT2D eigenvalue weighted by Gasteiger charge is -2.18. The molecule has 0 amide bonds. The Bertz CT molecular complexity index is 169. The Balaban J connectivity index is 2.34. The van der Waals surface area contributed by atoms with E-state index in [1.165, 1.54) is 19.3 Å². The lowest BCUT2D eigenvalue weighted by atomic mass is 9.86. The van der Waals surface area contributed by atoms with Gasteiger partial charge in [-0.15, -0.1) is 0 Å². The molecule has 1 aliphatic carbocycles. The second-order valence-corrected chi connectivity index (χ2v) is 3.36. The van der Waals surface area contributed by atoms with Crippen LogP contribution in [0.1, 0.15) is 32.1 Å². The van der Waals surface area contributed by atoms with Gasteiger partial charge in [0.05, 0.1) is 0 Å². The number of carbonyl (C=O) groups is 1. The molecule has 0 aromatic rings. The molecule has 68 valence electrons. The Morgan fingerprint density at radius 1 is 1.33 bits per heavy atom. The third kappa shape index (κ3) is 2.68. The summed E-state index contributed by atoms with van der Waals surface area (Å²) in [6.45, 7) is 0. The first-order valence-corrected chi connectivity index (χ1v) is 4.72. The van der Waals surface area contributed by atoms with Crippen molar-refractivity contribution < 1.29 is 4.79 Å². The van der Waals surface area contributed by atoms with Gasteiger partial charge in [0.1, 0.15) is 0 Å². The van der Waals surface area contributed by atoms with Crippen LogP contribution >= 0.6 is 0 Å². The van der Waals surface area contributed by atoms with E-state index in [9.17, 15) is 4.79 Å². The summed E-state index contributed by atoms with van der Waals surface area (Å²) < 4.78 is 0. The topological polar surface area (TPSA) is 29.1 Å². The van der Waals surface area contributed by atoms with Gasteiger partial charge in [0.2, 0.25) is 0 Å². The predicted octanol–water partition coefficient (Wildman–Crippen LogP) is 1.87. The van der Waals surface area contributed by atoms with Crippen molar-refractivity contribution in [3.8, 4) is 0 Å². The first kappa shape index (κ1) is 9.30. The van der Waals surface area contributed by atoms with Crippen LogP contribution in [0.2, 0.25) is 0 Å². The number of ketones is 1. The highest BCUT2D eigenvalue weighted by Gasteiger charge is 2.18. The highest BCUT2D eigenvalue weighted by molar-refractivity contribution is 5.91. The SMILES string of the molecule is CNC=CC(=O)C1CCCCC1. The molecular weight excluding hydrogens is 150 g/mol. The van der Waals surface area contributed by atoms with Crippen molar-refractivity contribution >= 4 is 5.78 Å². The summed E-state index contributed by atoms with van der Waals surface area (Å²) in [7, 11) is 1.81. The summed E-state index contributed by atoms with van der Waals surface area (Å²) in [6.07, 6.45) is 9.32. The monoisotopic (exact) mass is 167 g/mol. The Kier molecular flexibility index (Phi) is 3.85. The van der Waals surface area contributed by atoms with Crippen molar-refractivity contribution in [2.75, 3.05) is 7.05 Å². The molecule has 1 fully saturated rings. The minimum absolute atomic E-state index is 0.295. The van der Waals surface area contributed by atoms with E-state index in [2.05, 4.69) is 5.32 Å². The van der Waals surface area contributed by atoms with Crippen molar-refractivity contribution in [2.24, 2.45) is 5.92 Å². The molecule has 2 nitrogen and oxygen atoms in total. The molecule has 12 heavy (non-hydrogen) atoms. The van der Waals surface area contributed by atoms with Crippen molar-refractivity contribution in [2.45, 2.75) is 32.1 Å². The Labute approximate surface area is 74.0 Å². The molecule has 0 unspecified atom stereocenters. The van der Waals surface area contributed by atoms with Crippen molar-refractivity contribution in [3.05, 3.63) is 12.3 Å². The van der Waals surface area contributed by atoms with Crippen LogP contribution in [0, 0.1) is 5.92 Å². The van der Waals surface area contributed by atoms with Gasteiger partial charge in [-0.1, -0.05) is 19.3 Å². The van der Waals surface area contributed by atoms with Crippen LogP contribution < -0.4 is 5.32 Å².